The van der Waals surface area contributed by atoms with Crippen molar-refractivity contribution in [3.05, 3.63) is 72.1 Å². The molecule has 1 amide bonds. The molecule has 3 aliphatic rings. The van der Waals surface area contributed by atoms with Gasteiger partial charge in [0.05, 0.1) is 28.8 Å². The van der Waals surface area contributed by atoms with Gasteiger partial charge in [-0.3, -0.25) is 4.79 Å². The lowest BCUT2D eigenvalue weighted by molar-refractivity contribution is 0.0657. The predicted molar refractivity (Wildman–Crippen MR) is 159 cm³/mol. The van der Waals surface area contributed by atoms with Crippen LogP contribution in [0.15, 0.2) is 60.8 Å². The highest BCUT2D eigenvalue weighted by Crippen LogP contribution is 2.44. The Bertz CT molecular complexity index is 1380. The molecule has 2 fully saturated rings. The Morgan fingerprint density at radius 2 is 1.62 bits per heavy atom. The number of piperazine rings is 1. The second-order valence-corrected chi connectivity index (χ2v) is 11.5. The molecule has 1 saturated carbocycles. The number of aryl methyl sites for hydroxylation is 1. The van der Waals surface area contributed by atoms with Gasteiger partial charge in [0, 0.05) is 50.5 Å². The zero-order valence-electron chi connectivity index (χ0n) is 23.7. The van der Waals surface area contributed by atoms with E-state index >= 15 is 0 Å². The van der Waals surface area contributed by atoms with Gasteiger partial charge in [-0.15, -0.1) is 0 Å². The molecule has 0 N–H and O–H groups in total. The smallest absolute Gasteiger partial charge is 0.274 e. The summed E-state index contributed by atoms with van der Waals surface area (Å²) < 4.78 is 1.94. The summed E-state index contributed by atoms with van der Waals surface area (Å²) in [7, 11) is 4.22. The van der Waals surface area contributed by atoms with Crippen LogP contribution in [0, 0.1) is 6.92 Å². The molecule has 0 spiro atoms. The first-order valence-corrected chi connectivity index (χ1v) is 14.3. The SMILES string of the molecule is C=C1[C@@H](C)N(C2CCCC2)c2cc(-c3cc(C(=O)N4CCN(C)CC4)nn3-c3ccc(C)cc3)ccc2N1C. The van der Waals surface area contributed by atoms with Gasteiger partial charge in [-0.1, -0.05) is 43.2 Å². The molecule has 7 nitrogen and oxygen atoms in total. The second kappa shape index (κ2) is 10.2. The quantitative estimate of drug-likeness (QED) is 0.461. The Kier molecular flexibility index (Phi) is 6.71. The summed E-state index contributed by atoms with van der Waals surface area (Å²) in [6.07, 6.45) is 5.00. The molecule has 3 aromatic rings. The highest BCUT2D eigenvalue weighted by atomic mass is 16.2. The molecule has 3 heterocycles. The summed E-state index contributed by atoms with van der Waals surface area (Å²) in [6, 6.07) is 17.8. The van der Waals surface area contributed by atoms with Crippen LogP contribution >= 0.6 is 0 Å². The van der Waals surface area contributed by atoms with Crippen LogP contribution in [0.4, 0.5) is 11.4 Å². The number of nitrogens with zero attached hydrogens (tertiary/aromatic N) is 6. The van der Waals surface area contributed by atoms with E-state index in [1.807, 2.05) is 15.6 Å². The van der Waals surface area contributed by atoms with Crippen LogP contribution in [0.2, 0.25) is 0 Å². The number of fused-ring (bicyclic) bond motifs is 1. The number of hydrogen-bond donors (Lipinski definition) is 0. The van der Waals surface area contributed by atoms with Crippen molar-refractivity contribution in [2.45, 2.75) is 51.6 Å². The van der Waals surface area contributed by atoms with Gasteiger partial charge in [-0.05, 0) is 64.1 Å². The van der Waals surface area contributed by atoms with Crippen molar-refractivity contribution in [3.8, 4) is 16.9 Å². The van der Waals surface area contributed by atoms with Crippen LogP contribution < -0.4 is 9.80 Å². The molecular formula is C32H40N6O. The van der Waals surface area contributed by atoms with Crippen molar-refractivity contribution >= 4 is 17.3 Å². The molecule has 1 aromatic heterocycles. The van der Waals surface area contributed by atoms with Crippen LogP contribution in [0.5, 0.6) is 0 Å². The molecule has 2 aliphatic heterocycles. The van der Waals surface area contributed by atoms with Gasteiger partial charge in [0.25, 0.3) is 5.91 Å². The summed E-state index contributed by atoms with van der Waals surface area (Å²) >= 11 is 0. The molecule has 0 unspecified atom stereocenters. The number of carbonyl (C=O) groups excluding carboxylic acids is 1. The zero-order valence-corrected chi connectivity index (χ0v) is 23.7. The zero-order chi connectivity index (χ0) is 27.3. The number of hydrogen-bond acceptors (Lipinski definition) is 5. The first-order valence-electron chi connectivity index (χ1n) is 14.3. The van der Waals surface area contributed by atoms with E-state index in [0.29, 0.717) is 11.7 Å². The van der Waals surface area contributed by atoms with Gasteiger partial charge in [0.1, 0.15) is 0 Å². The minimum absolute atomic E-state index is 0.00501. The van der Waals surface area contributed by atoms with E-state index in [9.17, 15) is 4.79 Å². The number of amides is 1. The Balaban J connectivity index is 1.45. The molecule has 1 aliphatic carbocycles. The van der Waals surface area contributed by atoms with Crippen molar-refractivity contribution in [2.75, 3.05) is 50.1 Å². The Morgan fingerprint density at radius 3 is 2.31 bits per heavy atom. The maximum Gasteiger partial charge on any atom is 0.274 e. The third-order valence-electron chi connectivity index (χ3n) is 8.96. The summed E-state index contributed by atoms with van der Waals surface area (Å²) in [4.78, 5) is 22.6. The van der Waals surface area contributed by atoms with Crippen LogP contribution in [0.1, 0.15) is 48.7 Å². The minimum Gasteiger partial charge on any atom is -0.359 e. The number of carbonyl (C=O) groups is 1. The summed E-state index contributed by atoms with van der Waals surface area (Å²) in [5, 5.41) is 4.90. The highest BCUT2D eigenvalue weighted by Gasteiger charge is 2.35. The molecule has 1 saturated heterocycles. The van der Waals surface area contributed by atoms with Gasteiger partial charge in [-0.2, -0.15) is 5.10 Å². The van der Waals surface area contributed by atoms with Gasteiger partial charge in [0.2, 0.25) is 0 Å². The highest BCUT2D eigenvalue weighted by molar-refractivity contribution is 5.94. The van der Waals surface area contributed by atoms with Gasteiger partial charge in [0.15, 0.2) is 5.69 Å². The number of aromatic nitrogens is 2. The maximum atomic E-state index is 13.6. The van der Waals surface area contributed by atoms with Crippen molar-refractivity contribution in [3.63, 3.8) is 0 Å². The fraction of sp³-hybridized carbons (Fsp3) is 0.438. The van der Waals surface area contributed by atoms with Gasteiger partial charge in [-0.25, -0.2) is 4.68 Å². The predicted octanol–water partition coefficient (Wildman–Crippen LogP) is 5.34. The Morgan fingerprint density at radius 1 is 0.923 bits per heavy atom. The lowest BCUT2D eigenvalue weighted by Gasteiger charge is -2.46. The molecule has 0 bridgehead atoms. The lowest BCUT2D eigenvalue weighted by Crippen LogP contribution is -2.48. The molecule has 1 atom stereocenters. The van der Waals surface area contributed by atoms with E-state index in [2.05, 4.69) is 91.7 Å². The van der Waals surface area contributed by atoms with E-state index in [1.54, 1.807) is 0 Å². The number of anilines is 2. The first-order chi connectivity index (χ1) is 18.8. The molecule has 6 rings (SSSR count). The van der Waals surface area contributed by atoms with Crippen molar-refractivity contribution in [1.29, 1.82) is 0 Å². The van der Waals surface area contributed by atoms with Crippen LogP contribution in [-0.4, -0.2) is 77.8 Å². The number of benzene rings is 2. The van der Waals surface area contributed by atoms with E-state index in [1.165, 1.54) is 42.6 Å². The Labute approximate surface area is 232 Å². The molecule has 0 radical (unpaired) electrons. The third kappa shape index (κ3) is 4.63. The molecule has 39 heavy (non-hydrogen) atoms. The van der Waals surface area contributed by atoms with E-state index in [-0.39, 0.29) is 11.9 Å². The summed E-state index contributed by atoms with van der Waals surface area (Å²) in [5.41, 5.74) is 8.21. The van der Waals surface area contributed by atoms with E-state index in [4.69, 9.17) is 5.10 Å². The summed E-state index contributed by atoms with van der Waals surface area (Å²) in [5.74, 6) is 0.00501. The van der Waals surface area contributed by atoms with Gasteiger partial charge < -0.3 is 19.6 Å². The first kappa shape index (κ1) is 25.7. The topological polar surface area (TPSA) is 47.9 Å². The minimum atomic E-state index is 0.00501. The van der Waals surface area contributed by atoms with Crippen LogP contribution in [0.3, 0.4) is 0 Å². The Hall–Kier alpha value is -3.58. The second-order valence-electron chi connectivity index (χ2n) is 11.5. The molecule has 204 valence electrons. The number of rotatable bonds is 4. The molecule has 2 aromatic carbocycles. The normalized spacial score (nSPS) is 20.6. The van der Waals surface area contributed by atoms with Gasteiger partial charge >= 0.3 is 0 Å². The average Bonchev–Trinajstić information content (AvgIpc) is 3.63. The van der Waals surface area contributed by atoms with E-state index in [0.717, 1.165) is 48.8 Å². The molecule has 7 heteroatoms. The summed E-state index contributed by atoms with van der Waals surface area (Å²) in [6.45, 7) is 12.0. The fourth-order valence-corrected chi connectivity index (χ4v) is 6.42. The van der Waals surface area contributed by atoms with Crippen LogP contribution in [0.25, 0.3) is 16.9 Å². The average molecular weight is 525 g/mol. The van der Waals surface area contributed by atoms with Crippen LogP contribution in [-0.2, 0) is 0 Å². The number of likely N-dealkylation sites (N-methyl/N-ethyl adjacent to an activating group) is 2. The molecular weight excluding hydrogens is 484 g/mol. The monoisotopic (exact) mass is 524 g/mol. The largest absolute Gasteiger partial charge is 0.359 e. The van der Waals surface area contributed by atoms with E-state index < -0.39 is 0 Å². The maximum absolute atomic E-state index is 13.6. The van der Waals surface area contributed by atoms with Crippen molar-refractivity contribution < 1.29 is 4.79 Å². The standard InChI is InChI=1S/C32H40N6O/c1-22-10-13-27(14-11-22)38-30(21-28(33-38)32(39)36-18-16-34(4)17-19-36)25-12-15-29-31(20-25)37(26-8-6-7-9-26)24(3)23(2)35(29)5/h10-15,20-21,24,26H,2,6-9,16-19H2,1,3-5H3/t24-/m1/s1. The lowest BCUT2D eigenvalue weighted by atomic mass is 9.99. The fourth-order valence-electron chi connectivity index (χ4n) is 6.42. The third-order valence-corrected chi connectivity index (χ3v) is 8.96. The van der Waals surface area contributed by atoms with Crippen molar-refractivity contribution in [1.82, 2.24) is 19.6 Å². The van der Waals surface area contributed by atoms with Crippen molar-refractivity contribution in [2.24, 2.45) is 0 Å².